The molecule has 0 spiro atoms. The minimum Gasteiger partial charge on any atom is -0.497 e. The lowest BCUT2D eigenvalue weighted by Crippen LogP contribution is -2.11. The fourth-order valence-electron chi connectivity index (χ4n) is 2.89. The van der Waals surface area contributed by atoms with Crippen LogP contribution in [0.25, 0.3) is 11.1 Å². The second-order valence-corrected chi connectivity index (χ2v) is 6.44. The summed E-state index contributed by atoms with van der Waals surface area (Å²) >= 11 is 0. The van der Waals surface area contributed by atoms with Gasteiger partial charge in [-0.15, -0.1) is 9.94 Å². The number of hydrogen-bond donors (Lipinski definition) is 0. The molecule has 0 unspecified atom stereocenters. The summed E-state index contributed by atoms with van der Waals surface area (Å²) in [4.78, 5) is 11.9. The van der Waals surface area contributed by atoms with Crippen molar-refractivity contribution in [3.05, 3.63) is 102 Å². The van der Waals surface area contributed by atoms with Crippen LogP contribution >= 0.6 is 0 Å². The minimum atomic E-state index is 0.458. The van der Waals surface area contributed by atoms with Crippen LogP contribution in [0.2, 0.25) is 0 Å². The van der Waals surface area contributed by atoms with Crippen molar-refractivity contribution in [2.75, 3.05) is 7.11 Å². The van der Waals surface area contributed by atoms with Crippen LogP contribution in [0.4, 0.5) is 5.69 Å². The van der Waals surface area contributed by atoms with Gasteiger partial charge < -0.3 is 9.57 Å². The number of hydrogen-bond acceptors (Lipinski definition) is 4. The van der Waals surface area contributed by atoms with Gasteiger partial charge in [-0.3, -0.25) is 4.99 Å². The zero-order chi connectivity index (χ0) is 19.9. The fraction of sp³-hybridized carbons (Fsp3) is 0.0833. The van der Waals surface area contributed by atoms with Crippen LogP contribution in [0, 0.1) is 0 Å². The number of benzene rings is 3. The Labute approximate surface area is 169 Å². The predicted molar refractivity (Wildman–Crippen MR) is 115 cm³/mol. The van der Waals surface area contributed by atoms with Gasteiger partial charge in [0.15, 0.2) is 0 Å². The molecule has 1 heterocycles. The predicted octanol–water partition coefficient (Wildman–Crippen LogP) is 4.94. The van der Waals surface area contributed by atoms with E-state index in [0.717, 1.165) is 33.7 Å². The standard InChI is InChI=1S/C24H21N3O2/c1-28-22-13-11-19(12-14-22)15-25-24-10-6-5-9-23(24)21-16-26-27(17-21)29-18-20-7-3-2-4-8-20/h2-17H,18H2,1H3. The summed E-state index contributed by atoms with van der Waals surface area (Å²) in [6.07, 6.45) is 5.49. The summed E-state index contributed by atoms with van der Waals surface area (Å²) < 4.78 is 5.19. The molecule has 0 fully saturated rings. The van der Waals surface area contributed by atoms with Gasteiger partial charge in [0, 0.05) is 17.3 Å². The first-order valence-electron chi connectivity index (χ1n) is 9.31. The summed E-state index contributed by atoms with van der Waals surface area (Å²) in [5, 5.41) is 4.31. The lowest BCUT2D eigenvalue weighted by molar-refractivity contribution is 0.0701. The molecule has 3 aromatic carbocycles. The highest BCUT2D eigenvalue weighted by Crippen LogP contribution is 2.29. The van der Waals surface area contributed by atoms with Gasteiger partial charge in [0.1, 0.15) is 12.4 Å². The maximum atomic E-state index is 5.74. The monoisotopic (exact) mass is 383 g/mol. The molecule has 1 aromatic heterocycles. The second-order valence-electron chi connectivity index (χ2n) is 6.44. The van der Waals surface area contributed by atoms with Gasteiger partial charge >= 0.3 is 0 Å². The molecule has 0 saturated heterocycles. The molecule has 0 N–H and O–H groups in total. The highest BCUT2D eigenvalue weighted by molar-refractivity contribution is 5.85. The number of aliphatic imine (C=N–C) groups is 1. The number of methoxy groups -OCH3 is 1. The van der Waals surface area contributed by atoms with Gasteiger partial charge in [-0.1, -0.05) is 48.5 Å². The van der Waals surface area contributed by atoms with Crippen molar-refractivity contribution >= 4 is 11.9 Å². The van der Waals surface area contributed by atoms with Gasteiger partial charge in [0.25, 0.3) is 0 Å². The van der Waals surface area contributed by atoms with Crippen molar-refractivity contribution < 1.29 is 9.57 Å². The van der Waals surface area contributed by atoms with E-state index in [-0.39, 0.29) is 0 Å². The summed E-state index contributed by atoms with van der Waals surface area (Å²) in [7, 11) is 1.66. The first-order valence-corrected chi connectivity index (χ1v) is 9.31. The molecule has 5 nitrogen and oxygen atoms in total. The molecule has 0 bridgehead atoms. The Balaban J connectivity index is 1.50. The van der Waals surface area contributed by atoms with Crippen molar-refractivity contribution in [1.29, 1.82) is 0 Å². The number of rotatable bonds is 7. The van der Waals surface area contributed by atoms with Crippen LogP contribution in [0.3, 0.4) is 0 Å². The van der Waals surface area contributed by atoms with E-state index in [1.165, 1.54) is 4.85 Å². The lowest BCUT2D eigenvalue weighted by Gasteiger charge is -2.05. The van der Waals surface area contributed by atoms with Crippen LogP contribution < -0.4 is 9.57 Å². The molecular formula is C24H21N3O2. The highest BCUT2D eigenvalue weighted by Gasteiger charge is 2.07. The SMILES string of the molecule is COc1ccc(C=Nc2ccccc2-c2cnn(OCc3ccccc3)c2)cc1. The van der Waals surface area contributed by atoms with Gasteiger partial charge in [-0.2, -0.15) is 0 Å². The minimum absolute atomic E-state index is 0.458. The molecule has 5 heteroatoms. The third-order valence-corrected chi connectivity index (χ3v) is 4.45. The Morgan fingerprint density at radius 2 is 1.69 bits per heavy atom. The molecular weight excluding hydrogens is 362 g/mol. The zero-order valence-corrected chi connectivity index (χ0v) is 16.1. The van der Waals surface area contributed by atoms with Crippen LogP contribution in [-0.2, 0) is 6.61 Å². The van der Waals surface area contributed by atoms with E-state index in [2.05, 4.69) is 10.1 Å². The highest BCUT2D eigenvalue weighted by atomic mass is 16.7. The van der Waals surface area contributed by atoms with Crippen molar-refractivity contribution in [1.82, 2.24) is 9.94 Å². The largest absolute Gasteiger partial charge is 0.497 e. The molecule has 0 aliphatic heterocycles. The molecule has 4 aromatic rings. The second kappa shape index (κ2) is 8.89. The average molecular weight is 383 g/mol. The first kappa shape index (κ1) is 18.5. The zero-order valence-electron chi connectivity index (χ0n) is 16.1. The first-order chi connectivity index (χ1) is 14.3. The molecule has 0 saturated carbocycles. The normalized spacial score (nSPS) is 10.9. The Kier molecular flexibility index (Phi) is 5.67. The Hall–Kier alpha value is -3.86. The van der Waals surface area contributed by atoms with Crippen LogP contribution in [0.15, 0.2) is 96.2 Å². The molecule has 0 radical (unpaired) electrons. The number of para-hydroxylation sites is 1. The van der Waals surface area contributed by atoms with E-state index in [4.69, 9.17) is 9.57 Å². The van der Waals surface area contributed by atoms with Crippen molar-refractivity contribution in [2.24, 2.45) is 4.99 Å². The van der Waals surface area contributed by atoms with E-state index in [0.29, 0.717) is 6.61 Å². The van der Waals surface area contributed by atoms with Crippen molar-refractivity contribution in [2.45, 2.75) is 6.61 Å². The summed E-state index contributed by atoms with van der Waals surface area (Å²) in [5.74, 6) is 0.825. The molecule has 144 valence electrons. The summed E-state index contributed by atoms with van der Waals surface area (Å²) in [6.45, 7) is 0.458. The van der Waals surface area contributed by atoms with Crippen molar-refractivity contribution in [3.63, 3.8) is 0 Å². The van der Waals surface area contributed by atoms with Gasteiger partial charge in [-0.05, 0) is 41.5 Å². The molecule has 4 rings (SSSR count). The van der Waals surface area contributed by atoms with E-state index in [1.807, 2.05) is 91.3 Å². The van der Waals surface area contributed by atoms with E-state index < -0.39 is 0 Å². The maximum Gasteiger partial charge on any atom is 0.142 e. The number of aromatic nitrogens is 2. The van der Waals surface area contributed by atoms with Crippen LogP contribution in [-0.4, -0.2) is 23.3 Å². The maximum absolute atomic E-state index is 5.74. The van der Waals surface area contributed by atoms with Gasteiger partial charge in [-0.25, -0.2) is 0 Å². The fourth-order valence-corrected chi connectivity index (χ4v) is 2.89. The number of ether oxygens (including phenoxy) is 1. The number of nitrogens with zero attached hydrogens (tertiary/aromatic N) is 3. The lowest BCUT2D eigenvalue weighted by atomic mass is 10.1. The van der Waals surface area contributed by atoms with Crippen molar-refractivity contribution in [3.8, 4) is 16.9 Å². The Morgan fingerprint density at radius 1 is 0.931 bits per heavy atom. The summed E-state index contributed by atoms with van der Waals surface area (Å²) in [5.41, 5.74) is 4.90. The Morgan fingerprint density at radius 3 is 2.48 bits per heavy atom. The quantitative estimate of drug-likeness (QED) is 0.425. The van der Waals surface area contributed by atoms with E-state index in [1.54, 1.807) is 13.3 Å². The Bertz CT molecular complexity index is 1090. The average Bonchev–Trinajstić information content (AvgIpc) is 3.26. The third kappa shape index (κ3) is 4.71. The molecule has 0 aliphatic carbocycles. The molecule has 0 aliphatic rings. The third-order valence-electron chi connectivity index (χ3n) is 4.45. The van der Waals surface area contributed by atoms with Gasteiger partial charge in [0.2, 0.25) is 0 Å². The van der Waals surface area contributed by atoms with E-state index in [9.17, 15) is 0 Å². The van der Waals surface area contributed by atoms with E-state index >= 15 is 0 Å². The topological polar surface area (TPSA) is 48.6 Å². The summed E-state index contributed by atoms with van der Waals surface area (Å²) in [6, 6.07) is 25.8. The molecule has 0 atom stereocenters. The molecule has 29 heavy (non-hydrogen) atoms. The smallest absolute Gasteiger partial charge is 0.142 e. The van der Waals surface area contributed by atoms with Gasteiger partial charge in [0.05, 0.1) is 25.2 Å². The van der Waals surface area contributed by atoms with Crippen LogP contribution in [0.5, 0.6) is 5.75 Å². The van der Waals surface area contributed by atoms with Crippen LogP contribution in [0.1, 0.15) is 11.1 Å². The molecule has 0 amide bonds.